The molecule has 0 aliphatic carbocycles. The van der Waals surface area contributed by atoms with Crippen molar-refractivity contribution in [2.45, 2.75) is 26.2 Å². The first-order valence-electron chi connectivity index (χ1n) is 6.63. The fraction of sp³-hybridized carbons (Fsp3) is 0.571. The van der Waals surface area contributed by atoms with Crippen LogP contribution in [0.1, 0.15) is 25.5 Å². The number of nitrogens with one attached hydrogen (secondary N) is 1. The van der Waals surface area contributed by atoms with Gasteiger partial charge in [0.25, 0.3) is 0 Å². The predicted molar refractivity (Wildman–Crippen MR) is 76.7 cm³/mol. The van der Waals surface area contributed by atoms with Crippen LogP contribution >= 0.6 is 0 Å². The Balaban J connectivity index is 3.07. The molecule has 1 aromatic rings. The van der Waals surface area contributed by atoms with Crippen LogP contribution in [0, 0.1) is 0 Å². The molecule has 0 saturated carbocycles. The van der Waals surface area contributed by atoms with Gasteiger partial charge in [0.15, 0.2) is 17.8 Å². The first-order valence-corrected chi connectivity index (χ1v) is 6.63. The summed E-state index contributed by atoms with van der Waals surface area (Å²) >= 11 is 0. The summed E-state index contributed by atoms with van der Waals surface area (Å²) in [6.07, 6.45) is -0.493. The lowest BCUT2D eigenvalue weighted by Crippen LogP contribution is -2.38. The minimum absolute atomic E-state index is 0.306. The Labute approximate surface area is 120 Å². The van der Waals surface area contributed by atoms with E-state index >= 15 is 0 Å². The highest BCUT2D eigenvalue weighted by molar-refractivity contribution is 5.44. The lowest BCUT2D eigenvalue weighted by atomic mass is 10.1. The molecule has 114 valence electrons. The van der Waals surface area contributed by atoms with Gasteiger partial charge in [-0.05, 0) is 31.5 Å². The van der Waals surface area contributed by atoms with Crippen molar-refractivity contribution in [3.05, 3.63) is 23.8 Å². The van der Waals surface area contributed by atoms with Gasteiger partial charge in [-0.3, -0.25) is 5.84 Å². The molecule has 0 radical (unpaired) electrons. The first-order chi connectivity index (χ1) is 9.71. The zero-order valence-electron chi connectivity index (χ0n) is 12.5. The van der Waals surface area contributed by atoms with E-state index in [1.807, 2.05) is 32.0 Å². The number of rotatable bonds is 9. The molecule has 0 spiro atoms. The van der Waals surface area contributed by atoms with E-state index in [2.05, 4.69) is 5.43 Å². The van der Waals surface area contributed by atoms with Gasteiger partial charge in [-0.15, -0.1) is 0 Å². The van der Waals surface area contributed by atoms with Crippen LogP contribution in [0.25, 0.3) is 0 Å². The molecular weight excluding hydrogens is 260 g/mol. The van der Waals surface area contributed by atoms with Crippen molar-refractivity contribution in [3.63, 3.8) is 0 Å². The first kappa shape index (κ1) is 16.7. The highest BCUT2D eigenvalue weighted by Gasteiger charge is 2.23. The summed E-state index contributed by atoms with van der Waals surface area (Å²) in [4.78, 5) is 0. The Hall–Kier alpha value is -1.34. The van der Waals surface area contributed by atoms with Crippen LogP contribution in [0.15, 0.2) is 18.2 Å². The smallest absolute Gasteiger partial charge is 0.177 e. The number of benzene rings is 1. The van der Waals surface area contributed by atoms with Crippen molar-refractivity contribution >= 4 is 0 Å². The maximum atomic E-state index is 5.60. The zero-order chi connectivity index (χ0) is 15.0. The van der Waals surface area contributed by atoms with E-state index in [9.17, 15) is 0 Å². The van der Waals surface area contributed by atoms with Crippen LogP contribution in [-0.4, -0.2) is 33.7 Å². The Bertz CT molecular complexity index is 397. The summed E-state index contributed by atoms with van der Waals surface area (Å²) < 4.78 is 21.6. The van der Waals surface area contributed by atoms with E-state index in [4.69, 9.17) is 24.8 Å². The van der Waals surface area contributed by atoms with Gasteiger partial charge in [-0.1, -0.05) is 6.07 Å². The number of ether oxygens (including phenoxy) is 4. The van der Waals surface area contributed by atoms with Crippen LogP contribution < -0.4 is 20.7 Å². The second-order valence-electron chi connectivity index (χ2n) is 4.06. The van der Waals surface area contributed by atoms with Gasteiger partial charge in [0.2, 0.25) is 0 Å². The maximum Gasteiger partial charge on any atom is 0.177 e. The number of hydrazine groups is 1. The molecule has 1 atom stereocenters. The van der Waals surface area contributed by atoms with Gasteiger partial charge in [-0.2, -0.15) is 0 Å². The second kappa shape index (κ2) is 8.76. The normalized spacial score (nSPS) is 12.5. The molecular formula is C14H24N2O4. The third kappa shape index (κ3) is 4.08. The highest BCUT2D eigenvalue weighted by Crippen LogP contribution is 2.32. The van der Waals surface area contributed by atoms with Crippen molar-refractivity contribution in [2.24, 2.45) is 5.84 Å². The van der Waals surface area contributed by atoms with Gasteiger partial charge in [-0.25, -0.2) is 5.43 Å². The summed E-state index contributed by atoms with van der Waals surface area (Å²) in [6, 6.07) is 5.34. The Morgan fingerprint density at radius 3 is 2.15 bits per heavy atom. The van der Waals surface area contributed by atoms with Crippen LogP contribution in [0.2, 0.25) is 0 Å². The van der Waals surface area contributed by atoms with Crippen molar-refractivity contribution < 1.29 is 18.9 Å². The van der Waals surface area contributed by atoms with E-state index in [0.717, 1.165) is 5.56 Å². The number of hydrogen-bond donors (Lipinski definition) is 2. The maximum absolute atomic E-state index is 5.60. The van der Waals surface area contributed by atoms with Gasteiger partial charge in [0.1, 0.15) is 0 Å². The molecule has 0 aromatic heterocycles. The zero-order valence-corrected chi connectivity index (χ0v) is 12.5. The van der Waals surface area contributed by atoms with Crippen molar-refractivity contribution in [2.75, 3.05) is 27.4 Å². The molecule has 0 saturated heterocycles. The minimum Gasteiger partial charge on any atom is -0.490 e. The van der Waals surface area contributed by atoms with Gasteiger partial charge in [0.05, 0.1) is 19.3 Å². The topological polar surface area (TPSA) is 75.0 Å². The van der Waals surface area contributed by atoms with E-state index < -0.39 is 6.29 Å². The number of hydrogen-bond acceptors (Lipinski definition) is 6. The van der Waals surface area contributed by atoms with E-state index in [0.29, 0.717) is 24.7 Å². The molecule has 6 nitrogen and oxygen atoms in total. The molecule has 0 fully saturated rings. The van der Waals surface area contributed by atoms with Crippen molar-refractivity contribution in [1.82, 2.24) is 5.43 Å². The van der Waals surface area contributed by atoms with Gasteiger partial charge >= 0.3 is 0 Å². The fourth-order valence-electron chi connectivity index (χ4n) is 1.96. The van der Waals surface area contributed by atoms with Gasteiger partial charge < -0.3 is 18.9 Å². The van der Waals surface area contributed by atoms with Crippen molar-refractivity contribution in [3.8, 4) is 11.5 Å². The number of methoxy groups -OCH3 is 2. The molecule has 0 heterocycles. The lowest BCUT2D eigenvalue weighted by molar-refractivity contribution is -0.124. The molecule has 0 aliphatic heterocycles. The molecule has 0 aliphatic rings. The summed E-state index contributed by atoms with van der Waals surface area (Å²) in [5.41, 5.74) is 3.59. The van der Waals surface area contributed by atoms with Crippen molar-refractivity contribution in [1.29, 1.82) is 0 Å². The fourth-order valence-corrected chi connectivity index (χ4v) is 1.96. The molecule has 6 heteroatoms. The Morgan fingerprint density at radius 1 is 1.05 bits per heavy atom. The highest BCUT2D eigenvalue weighted by atomic mass is 16.7. The van der Waals surface area contributed by atoms with E-state index in [1.54, 1.807) is 14.2 Å². The molecule has 1 rings (SSSR count). The predicted octanol–water partition coefficient (Wildman–Crippen LogP) is 1.61. The van der Waals surface area contributed by atoms with E-state index in [-0.39, 0.29) is 6.04 Å². The Kier molecular flexibility index (Phi) is 7.32. The largest absolute Gasteiger partial charge is 0.490 e. The SMILES string of the molecule is CCOc1ccc(C(NN)C(OC)OC)cc1OCC. The third-order valence-electron chi connectivity index (χ3n) is 2.84. The number of nitrogens with two attached hydrogens (primary N) is 1. The Morgan fingerprint density at radius 2 is 1.65 bits per heavy atom. The summed E-state index contributed by atoms with van der Waals surface area (Å²) in [6.45, 7) is 4.99. The average Bonchev–Trinajstić information content (AvgIpc) is 2.47. The second-order valence-corrected chi connectivity index (χ2v) is 4.06. The monoisotopic (exact) mass is 284 g/mol. The summed E-state index contributed by atoms with van der Waals surface area (Å²) in [7, 11) is 3.13. The van der Waals surface area contributed by atoms with Crippen LogP contribution in [0.4, 0.5) is 0 Å². The summed E-state index contributed by atoms with van der Waals surface area (Å²) in [5, 5.41) is 0. The quantitative estimate of drug-likeness (QED) is 0.408. The molecule has 1 unspecified atom stereocenters. The molecule has 3 N–H and O–H groups in total. The summed E-state index contributed by atoms with van der Waals surface area (Å²) in [5.74, 6) is 6.98. The average molecular weight is 284 g/mol. The molecule has 1 aromatic carbocycles. The van der Waals surface area contributed by atoms with Crippen LogP contribution in [-0.2, 0) is 9.47 Å². The lowest BCUT2D eigenvalue weighted by Gasteiger charge is -2.25. The third-order valence-corrected chi connectivity index (χ3v) is 2.84. The standard InChI is InChI=1S/C14H24N2O4/c1-5-19-11-8-7-10(9-12(11)20-6-2)13(16-15)14(17-3)18-4/h7-9,13-14,16H,5-6,15H2,1-4H3. The van der Waals surface area contributed by atoms with Crippen LogP contribution in [0.5, 0.6) is 11.5 Å². The van der Waals surface area contributed by atoms with Gasteiger partial charge in [0, 0.05) is 14.2 Å². The van der Waals surface area contributed by atoms with Crippen LogP contribution in [0.3, 0.4) is 0 Å². The van der Waals surface area contributed by atoms with E-state index in [1.165, 1.54) is 0 Å². The minimum atomic E-state index is -0.493. The molecule has 20 heavy (non-hydrogen) atoms. The molecule has 0 amide bonds. The molecule has 0 bridgehead atoms.